The second-order valence-corrected chi connectivity index (χ2v) is 4.75. The van der Waals surface area contributed by atoms with Crippen molar-refractivity contribution in [2.24, 2.45) is 0 Å². The predicted octanol–water partition coefficient (Wildman–Crippen LogP) is 2.40. The van der Waals surface area contributed by atoms with E-state index in [1.807, 2.05) is 12.1 Å². The smallest absolute Gasteiger partial charge is 0.323 e. The van der Waals surface area contributed by atoms with E-state index in [0.717, 1.165) is 8.47 Å². The number of carbonyl (C=O) groups excluding carboxylic acids is 1. The predicted molar refractivity (Wildman–Crippen MR) is 77.6 cm³/mol. The fourth-order valence-corrected chi connectivity index (χ4v) is 1.85. The molecule has 0 saturated carbocycles. The van der Waals surface area contributed by atoms with Crippen molar-refractivity contribution in [2.45, 2.75) is 0 Å². The van der Waals surface area contributed by atoms with E-state index in [0.29, 0.717) is 5.69 Å². The van der Waals surface area contributed by atoms with Crippen LogP contribution in [0.25, 0.3) is 0 Å². The number of hydrogen-bond donors (Lipinski definition) is 2. The Labute approximate surface area is 119 Å². The Morgan fingerprint density at radius 1 is 1.50 bits per heavy atom. The minimum atomic E-state index is -1.06. The summed E-state index contributed by atoms with van der Waals surface area (Å²) < 4.78 is 0.985. The molecule has 0 aliphatic heterocycles. The second kappa shape index (κ2) is 7.00. The van der Waals surface area contributed by atoms with Crippen molar-refractivity contribution in [3.8, 4) is 0 Å². The standard InChI is InChI=1S/C12H13IN2O3/c1-2-6-15(8-11(16)17)12(18)14-10-5-3-4-9(13)7-10/h2-5,7H,1,6,8H2,(H,14,18)(H,16,17). The first-order valence-electron chi connectivity index (χ1n) is 5.17. The first-order chi connectivity index (χ1) is 8.52. The van der Waals surface area contributed by atoms with Crippen LogP contribution in [0.1, 0.15) is 0 Å². The fourth-order valence-electron chi connectivity index (χ4n) is 1.31. The number of carboxylic acid groups (broad SMARTS) is 1. The first-order valence-corrected chi connectivity index (χ1v) is 6.25. The van der Waals surface area contributed by atoms with Crippen LogP contribution in [-0.2, 0) is 4.79 Å². The summed E-state index contributed by atoms with van der Waals surface area (Å²) in [5.41, 5.74) is 0.631. The molecule has 0 aliphatic rings. The topological polar surface area (TPSA) is 69.6 Å². The minimum Gasteiger partial charge on any atom is -0.480 e. The van der Waals surface area contributed by atoms with Crippen molar-refractivity contribution < 1.29 is 14.7 Å². The third-order valence-electron chi connectivity index (χ3n) is 2.04. The van der Waals surface area contributed by atoms with Gasteiger partial charge in [-0.15, -0.1) is 6.58 Å². The lowest BCUT2D eigenvalue weighted by Crippen LogP contribution is -2.38. The summed E-state index contributed by atoms with van der Waals surface area (Å²) in [6, 6.07) is 6.79. The normalized spacial score (nSPS) is 9.61. The van der Waals surface area contributed by atoms with Gasteiger partial charge < -0.3 is 15.3 Å². The molecule has 0 unspecified atom stereocenters. The summed E-state index contributed by atoms with van der Waals surface area (Å²) in [4.78, 5) is 23.7. The number of aliphatic carboxylic acids is 1. The van der Waals surface area contributed by atoms with Gasteiger partial charge >= 0.3 is 12.0 Å². The van der Waals surface area contributed by atoms with Crippen molar-refractivity contribution in [1.29, 1.82) is 0 Å². The van der Waals surface area contributed by atoms with Gasteiger partial charge in [-0.25, -0.2) is 4.79 Å². The van der Waals surface area contributed by atoms with Gasteiger partial charge in [-0.05, 0) is 40.8 Å². The van der Waals surface area contributed by atoms with Crippen LogP contribution in [0.15, 0.2) is 36.9 Å². The molecule has 0 spiro atoms. The average Bonchev–Trinajstić information content (AvgIpc) is 2.27. The second-order valence-electron chi connectivity index (χ2n) is 3.50. The zero-order chi connectivity index (χ0) is 13.5. The molecular formula is C12H13IN2O3. The van der Waals surface area contributed by atoms with Gasteiger partial charge in [0.05, 0.1) is 0 Å². The number of nitrogens with one attached hydrogen (secondary N) is 1. The molecule has 0 aromatic heterocycles. The Balaban J connectivity index is 2.71. The number of amides is 2. The highest BCUT2D eigenvalue weighted by atomic mass is 127. The molecule has 0 saturated heterocycles. The van der Waals surface area contributed by atoms with Gasteiger partial charge in [-0.2, -0.15) is 0 Å². The number of urea groups is 1. The van der Waals surface area contributed by atoms with Crippen LogP contribution in [-0.4, -0.2) is 35.1 Å². The molecule has 1 aromatic rings. The summed E-state index contributed by atoms with van der Waals surface area (Å²) in [7, 11) is 0. The number of benzene rings is 1. The largest absolute Gasteiger partial charge is 0.480 e. The number of rotatable bonds is 5. The molecule has 0 radical (unpaired) electrons. The first kappa shape index (κ1) is 14.5. The van der Waals surface area contributed by atoms with Gasteiger partial charge in [0.1, 0.15) is 6.54 Å². The lowest BCUT2D eigenvalue weighted by Gasteiger charge is -2.19. The molecule has 2 amide bonds. The van der Waals surface area contributed by atoms with Crippen molar-refractivity contribution in [1.82, 2.24) is 4.90 Å². The quantitative estimate of drug-likeness (QED) is 0.626. The molecule has 1 rings (SSSR count). The van der Waals surface area contributed by atoms with Crippen LogP contribution in [0, 0.1) is 3.57 Å². The van der Waals surface area contributed by atoms with Crippen molar-refractivity contribution in [3.63, 3.8) is 0 Å². The van der Waals surface area contributed by atoms with Gasteiger partial charge in [0, 0.05) is 15.8 Å². The van der Waals surface area contributed by atoms with Gasteiger partial charge in [0.25, 0.3) is 0 Å². The Morgan fingerprint density at radius 2 is 2.22 bits per heavy atom. The molecule has 18 heavy (non-hydrogen) atoms. The van der Waals surface area contributed by atoms with Crippen LogP contribution >= 0.6 is 22.6 Å². The van der Waals surface area contributed by atoms with Crippen LogP contribution < -0.4 is 5.32 Å². The highest BCUT2D eigenvalue weighted by molar-refractivity contribution is 14.1. The number of hydrogen-bond acceptors (Lipinski definition) is 2. The number of halogens is 1. The van der Waals surface area contributed by atoms with E-state index in [9.17, 15) is 9.59 Å². The summed E-state index contributed by atoms with van der Waals surface area (Å²) in [5.74, 6) is -1.06. The zero-order valence-corrected chi connectivity index (χ0v) is 11.8. The molecule has 0 heterocycles. The van der Waals surface area contributed by atoms with E-state index in [-0.39, 0.29) is 13.1 Å². The fraction of sp³-hybridized carbons (Fsp3) is 0.167. The molecule has 96 valence electrons. The molecule has 5 nitrogen and oxygen atoms in total. The van der Waals surface area contributed by atoms with Crippen LogP contribution in [0.5, 0.6) is 0 Å². The van der Waals surface area contributed by atoms with E-state index in [2.05, 4.69) is 34.5 Å². The van der Waals surface area contributed by atoms with E-state index >= 15 is 0 Å². The summed E-state index contributed by atoms with van der Waals surface area (Å²) in [6.45, 7) is 3.32. The average molecular weight is 360 g/mol. The Kier molecular flexibility index (Phi) is 5.63. The van der Waals surface area contributed by atoms with E-state index < -0.39 is 12.0 Å². The van der Waals surface area contributed by atoms with Crippen molar-refractivity contribution in [2.75, 3.05) is 18.4 Å². The Bertz CT molecular complexity index is 462. The van der Waals surface area contributed by atoms with Crippen LogP contribution in [0.2, 0.25) is 0 Å². The maximum atomic E-state index is 11.9. The highest BCUT2D eigenvalue weighted by Gasteiger charge is 2.15. The molecule has 0 aliphatic carbocycles. The molecule has 1 aromatic carbocycles. The van der Waals surface area contributed by atoms with Gasteiger partial charge in [-0.1, -0.05) is 12.1 Å². The summed E-state index contributed by atoms with van der Waals surface area (Å²) >= 11 is 2.13. The maximum absolute atomic E-state index is 11.9. The Morgan fingerprint density at radius 3 is 2.78 bits per heavy atom. The molecule has 6 heteroatoms. The molecule has 2 N–H and O–H groups in total. The SMILES string of the molecule is C=CCN(CC(=O)O)C(=O)Nc1cccc(I)c1. The minimum absolute atomic E-state index is 0.183. The Hall–Kier alpha value is -1.57. The number of anilines is 1. The van der Waals surface area contributed by atoms with Crippen molar-refractivity contribution >= 4 is 40.3 Å². The van der Waals surface area contributed by atoms with Gasteiger partial charge in [0.2, 0.25) is 0 Å². The van der Waals surface area contributed by atoms with Crippen LogP contribution in [0.4, 0.5) is 10.5 Å². The van der Waals surface area contributed by atoms with E-state index in [1.165, 1.54) is 6.08 Å². The summed E-state index contributed by atoms with van der Waals surface area (Å²) in [6.07, 6.45) is 1.48. The lowest BCUT2D eigenvalue weighted by atomic mass is 10.3. The van der Waals surface area contributed by atoms with E-state index in [4.69, 9.17) is 5.11 Å². The monoisotopic (exact) mass is 360 g/mol. The molecule has 0 fully saturated rings. The van der Waals surface area contributed by atoms with Crippen LogP contribution in [0.3, 0.4) is 0 Å². The molecular weight excluding hydrogens is 347 g/mol. The van der Waals surface area contributed by atoms with Gasteiger partial charge in [0.15, 0.2) is 0 Å². The third-order valence-corrected chi connectivity index (χ3v) is 2.71. The maximum Gasteiger partial charge on any atom is 0.323 e. The third kappa shape index (κ3) is 4.74. The number of nitrogens with zero attached hydrogens (tertiary/aromatic N) is 1. The number of carbonyl (C=O) groups is 2. The lowest BCUT2D eigenvalue weighted by molar-refractivity contribution is -0.137. The highest BCUT2D eigenvalue weighted by Crippen LogP contribution is 2.12. The van der Waals surface area contributed by atoms with Crippen molar-refractivity contribution in [3.05, 3.63) is 40.5 Å². The molecule has 0 bridgehead atoms. The zero-order valence-electron chi connectivity index (χ0n) is 9.60. The molecule has 0 atom stereocenters. The van der Waals surface area contributed by atoms with E-state index in [1.54, 1.807) is 12.1 Å². The summed E-state index contributed by atoms with van der Waals surface area (Å²) in [5, 5.41) is 11.4. The van der Waals surface area contributed by atoms with Gasteiger partial charge in [-0.3, -0.25) is 4.79 Å². The number of carboxylic acids is 1.